The molecule has 1 N–H and O–H groups in total. The molecule has 1 heterocycles. The van der Waals surface area contributed by atoms with Crippen LogP contribution < -0.4 is 5.32 Å². The van der Waals surface area contributed by atoms with E-state index in [1.807, 2.05) is 0 Å². The Bertz CT molecular complexity index is 333. The van der Waals surface area contributed by atoms with E-state index < -0.39 is 0 Å². The van der Waals surface area contributed by atoms with E-state index in [1.54, 1.807) is 0 Å². The molecule has 6 heteroatoms. The summed E-state index contributed by atoms with van der Waals surface area (Å²) in [5, 5.41) is 3.47. The average molecular weight is 398 g/mol. The summed E-state index contributed by atoms with van der Waals surface area (Å²) in [6, 6.07) is 0. The molecule has 1 rings (SSSR count). The molecule has 0 aromatic rings. The van der Waals surface area contributed by atoms with Crippen LogP contribution in [0.25, 0.3) is 0 Å². The monoisotopic (exact) mass is 397 g/mol. The van der Waals surface area contributed by atoms with Crippen molar-refractivity contribution in [3.8, 4) is 0 Å². The van der Waals surface area contributed by atoms with Crippen molar-refractivity contribution in [2.75, 3.05) is 45.8 Å². The lowest BCUT2D eigenvalue weighted by Crippen LogP contribution is -2.42. The van der Waals surface area contributed by atoms with Gasteiger partial charge in [0.1, 0.15) is 0 Å². The lowest BCUT2D eigenvalue weighted by atomic mass is 9.85. The quantitative estimate of drug-likeness (QED) is 0.610. The van der Waals surface area contributed by atoms with E-state index >= 15 is 0 Å². The van der Waals surface area contributed by atoms with E-state index in [2.05, 4.69) is 49.7 Å². The maximum Gasteiger partial charge on any atom is 0.222 e. The smallest absolute Gasteiger partial charge is 0.222 e. The molecule has 0 bridgehead atoms. The molecular weight excluding hydrogens is 357 g/mol. The van der Waals surface area contributed by atoms with Gasteiger partial charge in [0.2, 0.25) is 5.91 Å². The summed E-state index contributed by atoms with van der Waals surface area (Å²) in [6.45, 7) is 18.1. The van der Waals surface area contributed by atoms with Crippen LogP contribution in [0.4, 0.5) is 0 Å². The van der Waals surface area contributed by atoms with Gasteiger partial charge >= 0.3 is 0 Å². The molecule has 0 aromatic heterocycles. The van der Waals surface area contributed by atoms with Gasteiger partial charge in [-0.2, -0.15) is 0 Å². The second-order valence-corrected chi connectivity index (χ2v) is 7.55. The van der Waals surface area contributed by atoms with Crippen molar-refractivity contribution in [1.82, 2.24) is 15.1 Å². The van der Waals surface area contributed by atoms with Crippen LogP contribution in [0.3, 0.4) is 0 Å². The number of nitrogens with zero attached hydrogens (tertiary/aromatic N) is 2. The molecule has 25 heavy (non-hydrogen) atoms. The largest absolute Gasteiger partial charge is 0.341 e. The highest BCUT2D eigenvalue weighted by Crippen LogP contribution is 2.23. The number of carbonyl (C=O) groups excluding carboxylic acids is 1. The molecule has 0 aliphatic carbocycles. The number of amides is 1. The number of piperidine rings is 1. The zero-order valence-corrected chi connectivity index (χ0v) is 18.6. The number of nitrogens with one attached hydrogen (secondary N) is 1. The maximum absolute atomic E-state index is 12.8. The topological polar surface area (TPSA) is 35.6 Å². The highest BCUT2D eigenvalue weighted by Gasteiger charge is 2.24. The third kappa shape index (κ3) is 10.6. The summed E-state index contributed by atoms with van der Waals surface area (Å²) in [6.07, 6.45) is 3.23. The second kappa shape index (κ2) is 15.1. The Kier molecular flexibility index (Phi) is 16.4. The maximum atomic E-state index is 12.8. The number of carbonyl (C=O) groups is 1. The van der Waals surface area contributed by atoms with Gasteiger partial charge in [-0.05, 0) is 56.8 Å². The Balaban J connectivity index is 0. The Hall–Kier alpha value is -0.0300. The average Bonchev–Trinajstić information content (AvgIpc) is 2.55. The van der Waals surface area contributed by atoms with Crippen LogP contribution in [-0.4, -0.2) is 61.5 Å². The SMILES string of the molecule is CCN(CC)CCN(CC(C)C)C(=O)CC(C)C1CCCNC1.Cl.Cl. The predicted octanol–water partition coefficient (Wildman–Crippen LogP) is 3.68. The van der Waals surface area contributed by atoms with Gasteiger partial charge in [-0.15, -0.1) is 24.8 Å². The molecule has 2 unspecified atom stereocenters. The van der Waals surface area contributed by atoms with E-state index in [1.165, 1.54) is 12.8 Å². The molecular formula is C19H41Cl2N3O. The van der Waals surface area contributed by atoms with Crippen LogP contribution >= 0.6 is 24.8 Å². The zero-order chi connectivity index (χ0) is 17.2. The fourth-order valence-corrected chi connectivity index (χ4v) is 3.50. The predicted molar refractivity (Wildman–Crippen MR) is 113 cm³/mol. The van der Waals surface area contributed by atoms with Crippen molar-refractivity contribution in [1.29, 1.82) is 0 Å². The van der Waals surface area contributed by atoms with Crippen LogP contribution in [0.1, 0.15) is 53.9 Å². The standard InChI is InChI=1S/C19H39N3O.2ClH/c1-6-21(7-2)11-12-22(15-16(3)4)19(23)13-17(5)18-9-8-10-20-14-18;;/h16-18,20H,6-15H2,1-5H3;2*1H. The summed E-state index contributed by atoms with van der Waals surface area (Å²) in [7, 11) is 0. The van der Waals surface area contributed by atoms with E-state index in [9.17, 15) is 4.79 Å². The van der Waals surface area contributed by atoms with Crippen molar-refractivity contribution in [2.24, 2.45) is 17.8 Å². The van der Waals surface area contributed by atoms with Gasteiger partial charge in [-0.25, -0.2) is 0 Å². The van der Waals surface area contributed by atoms with Gasteiger partial charge < -0.3 is 15.1 Å². The molecule has 0 radical (unpaired) electrons. The third-order valence-electron chi connectivity index (χ3n) is 5.16. The van der Waals surface area contributed by atoms with Crippen LogP contribution in [0.15, 0.2) is 0 Å². The molecule has 1 aliphatic rings. The first-order chi connectivity index (χ1) is 11.0. The van der Waals surface area contributed by atoms with Gasteiger partial charge in [0.05, 0.1) is 0 Å². The lowest BCUT2D eigenvalue weighted by molar-refractivity contribution is -0.133. The Morgan fingerprint density at radius 3 is 2.24 bits per heavy atom. The molecule has 1 saturated heterocycles. The Labute approximate surface area is 168 Å². The van der Waals surface area contributed by atoms with Gasteiger partial charge in [0.15, 0.2) is 0 Å². The number of halogens is 2. The first kappa shape index (κ1) is 27.2. The summed E-state index contributed by atoms with van der Waals surface area (Å²) >= 11 is 0. The molecule has 152 valence electrons. The number of hydrogen-bond donors (Lipinski definition) is 1. The number of rotatable bonds is 10. The summed E-state index contributed by atoms with van der Waals surface area (Å²) in [5.41, 5.74) is 0. The van der Waals surface area contributed by atoms with Gasteiger partial charge in [0, 0.05) is 26.1 Å². The van der Waals surface area contributed by atoms with Crippen LogP contribution in [0, 0.1) is 17.8 Å². The molecule has 0 aromatic carbocycles. The van der Waals surface area contributed by atoms with Gasteiger partial charge in [0.25, 0.3) is 0 Å². The van der Waals surface area contributed by atoms with Gasteiger partial charge in [-0.1, -0.05) is 34.6 Å². The molecule has 1 aliphatic heterocycles. The first-order valence-corrected chi connectivity index (χ1v) is 9.68. The van der Waals surface area contributed by atoms with E-state index in [4.69, 9.17) is 0 Å². The lowest BCUT2D eigenvalue weighted by Gasteiger charge is -2.32. The Morgan fingerprint density at radius 1 is 1.12 bits per heavy atom. The van der Waals surface area contributed by atoms with Gasteiger partial charge in [-0.3, -0.25) is 4.79 Å². The normalized spacial score (nSPS) is 18.4. The summed E-state index contributed by atoms with van der Waals surface area (Å²) in [4.78, 5) is 17.3. The van der Waals surface area contributed by atoms with E-state index in [-0.39, 0.29) is 24.8 Å². The van der Waals surface area contributed by atoms with Crippen molar-refractivity contribution < 1.29 is 4.79 Å². The molecule has 2 atom stereocenters. The molecule has 4 nitrogen and oxygen atoms in total. The molecule has 0 saturated carbocycles. The fraction of sp³-hybridized carbons (Fsp3) is 0.947. The van der Waals surface area contributed by atoms with Crippen LogP contribution in [0.5, 0.6) is 0 Å². The minimum atomic E-state index is 0. The minimum absolute atomic E-state index is 0. The number of likely N-dealkylation sites (N-methyl/N-ethyl adjacent to an activating group) is 1. The highest BCUT2D eigenvalue weighted by molar-refractivity contribution is 5.85. The number of hydrogen-bond acceptors (Lipinski definition) is 3. The van der Waals surface area contributed by atoms with Crippen molar-refractivity contribution in [3.05, 3.63) is 0 Å². The highest BCUT2D eigenvalue weighted by atomic mass is 35.5. The first-order valence-electron chi connectivity index (χ1n) is 9.68. The zero-order valence-electron chi connectivity index (χ0n) is 16.9. The molecule has 0 spiro atoms. The van der Waals surface area contributed by atoms with Crippen LogP contribution in [-0.2, 0) is 4.79 Å². The Morgan fingerprint density at radius 2 is 1.76 bits per heavy atom. The molecule has 1 fully saturated rings. The summed E-state index contributed by atoms with van der Waals surface area (Å²) < 4.78 is 0. The summed E-state index contributed by atoms with van der Waals surface area (Å²) in [5.74, 6) is 2.03. The second-order valence-electron chi connectivity index (χ2n) is 7.55. The van der Waals surface area contributed by atoms with Crippen molar-refractivity contribution in [3.63, 3.8) is 0 Å². The van der Waals surface area contributed by atoms with E-state index in [0.717, 1.165) is 45.8 Å². The third-order valence-corrected chi connectivity index (χ3v) is 5.16. The van der Waals surface area contributed by atoms with Crippen molar-refractivity contribution in [2.45, 2.75) is 53.9 Å². The van der Waals surface area contributed by atoms with E-state index in [0.29, 0.717) is 30.1 Å². The molecule has 1 amide bonds. The minimum Gasteiger partial charge on any atom is -0.341 e. The fourth-order valence-electron chi connectivity index (χ4n) is 3.50. The van der Waals surface area contributed by atoms with Crippen LogP contribution in [0.2, 0.25) is 0 Å². The van der Waals surface area contributed by atoms with Crippen molar-refractivity contribution >= 4 is 30.7 Å².